The van der Waals surface area contributed by atoms with Gasteiger partial charge in [-0.05, 0) is 30.0 Å². The highest BCUT2D eigenvalue weighted by Crippen LogP contribution is 2.34. The van der Waals surface area contributed by atoms with Crippen LogP contribution in [0.3, 0.4) is 0 Å². The minimum absolute atomic E-state index is 0.376. The summed E-state index contributed by atoms with van der Waals surface area (Å²) in [6.07, 6.45) is 4.79. The van der Waals surface area contributed by atoms with Crippen LogP contribution in [0.25, 0.3) is 0 Å². The van der Waals surface area contributed by atoms with Gasteiger partial charge in [-0.15, -0.1) is 0 Å². The Morgan fingerprint density at radius 1 is 1.32 bits per heavy atom. The van der Waals surface area contributed by atoms with Gasteiger partial charge in [0, 0.05) is 11.8 Å². The highest BCUT2D eigenvalue weighted by molar-refractivity contribution is 5.47. The Balaban J connectivity index is 2.02. The normalized spacial score (nSPS) is 15.5. The van der Waals surface area contributed by atoms with E-state index in [4.69, 9.17) is 10.5 Å². The molecule has 1 aromatic carbocycles. The average Bonchev–Trinajstić information content (AvgIpc) is 2.46. The molecule has 0 spiro atoms. The molecule has 4 heteroatoms. The van der Waals surface area contributed by atoms with Crippen molar-refractivity contribution in [1.82, 2.24) is 4.98 Å². The van der Waals surface area contributed by atoms with Gasteiger partial charge in [-0.25, -0.2) is 4.39 Å². The molecule has 3 rings (SSSR count). The molecule has 19 heavy (non-hydrogen) atoms. The summed E-state index contributed by atoms with van der Waals surface area (Å²) in [5.74, 6) is 0.476. The first kappa shape index (κ1) is 12.1. The molecule has 0 saturated heterocycles. The van der Waals surface area contributed by atoms with Crippen LogP contribution < -0.4 is 10.5 Å². The number of nitrogens with two attached hydrogens (primary N) is 1. The zero-order valence-corrected chi connectivity index (χ0v) is 10.5. The molecule has 2 heterocycles. The zero-order valence-electron chi connectivity index (χ0n) is 10.5. The number of benzene rings is 1. The molecule has 0 amide bonds. The molecule has 2 N–H and O–H groups in total. The third-order valence-electron chi connectivity index (χ3n) is 3.38. The molecule has 98 valence electrons. The number of hydrogen-bond donors (Lipinski definition) is 1. The first-order valence-electron chi connectivity index (χ1n) is 6.36. The van der Waals surface area contributed by atoms with Gasteiger partial charge in [0.1, 0.15) is 11.6 Å². The van der Waals surface area contributed by atoms with Crippen molar-refractivity contribution in [2.24, 2.45) is 5.73 Å². The van der Waals surface area contributed by atoms with Crippen molar-refractivity contribution in [2.75, 3.05) is 6.61 Å². The number of aryl methyl sites for hydroxylation is 1. The highest BCUT2D eigenvalue weighted by Gasteiger charge is 2.20. The van der Waals surface area contributed by atoms with E-state index < -0.39 is 6.04 Å². The predicted octanol–water partition coefficient (Wildman–Crippen LogP) is 2.59. The highest BCUT2D eigenvalue weighted by atomic mass is 19.1. The molecular formula is C15H15FN2O. The molecule has 3 nitrogen and oxygen atoms in total. The van der Waals surface area contributed by atoms with E-state index in [2.05, 4.69) is 11.1 Å². The number of nitrogens with zero attached hydrogens (tertiary/aromatic N) is 1. The van der Waals surface area contributed by atoms with Crippen LogP contribution in [0.5, 0.6) is 5.75 Å². The van der Waals surface area contributed by atoms with Gasteiger partial charge in [-0.3, -0.25) is 4.98 Å². The summed E-state index contributed by atoms with van der Waals surface area (Å²) in [5, 5.41) is 0. The van der Waals surface area contributed by atoms with Gasteiger partial charge in [0.2, 0.25) is 0 Å². The van der Waals surface area contributed by atoms with Gasteiger partial charge in [0.15, 0.2) is 0 Å². The number of halogens is 1. The maximum absolute atomic E-state index is 13.2. The summed E-state index contributed by atoms with van der Waals surface area (Å²) < 4.78 is 19.0. The minimum Gasteiger partial charge on any atom is -0.493 e. The number of rotatable bonds is 2. The Morgan fingerprint density at radius 3 is 3.05 bits per heavy atom. The Kier molecular flexibility index (Phi) is 3.17. The lowest BCUT2D eigenvalue weighted by atomic mass is 9.95. The molecule has 1 aliphatic rings. The lowest BCUT2D eigenvalue weighted by Crippen LogP contribution is -2.17. The molecule has 0 aliphatic carbocycles. The first-order chi connectivity index (χ1) is 9.25. The molecule has 1 aliphatic heterocycles. The molecule has 0 radical (unpaired) electrons. The molecule has 0 fully saturated rings. The quantitative estimate of drug-likeness (QED) is 0.900. The molecule has 1 unspecified atom stereocenters. The van der Waals surface area contributed by atoms with Crippen LogP contribution in [0.1, 0.15) is 29.2 Å². The molecule has 0 saturated carbocycles. The maximum Gasteiger partial charge on any atom is 0.141 e. The van der Waals surface area contributed by atoms with Crippen LogP contribution in [0.4, 0.5) is 4.39 Å². The van der Waals surface area contributed by atoms with Gasteiger partial charge in [0.25, 0.3) is 0 Å². The van der Waals surface area contributed by atoms with E-state index in [0.717, 1.165) is 24.2 Å². The van der Waals surface area contributed by atoms with Crippen LogP contribution in [0.15, 0.2) is 36.7 Å². The Hall–Kier alpha value is -1.94. The monoisotopic (exact) mass is 258 g/mol. The fraction of sp³-hybridized carbons (Fsp3) is 0.267. The lowest BCUT2D eigenvalue weighted by Gasteiger charge is -2.23. The number of hydrogen-bond acceptors (Lipinski definition) is 3. The third-order valence-corrected chi connectivity index (χ3v) is 3.38. The number of pyridine rings is 1. The molecule has 1 aromatic heterocycles. The van der Waals surface area contributed by atoms with E-state index >= 15 is 0 Å². The first-order valence-corrected chi connectivity index (χ1v) is 6.36. The number of aromatic nitrogens is 1. The second kappa shape index (κ2) is 4.97. The average molecular weight is 258 g/mol. The van der Waals surface area contributed by atoms with Crippen molar-refractivity contribution in [2.45, 2.75) is 18.9 Å². The smallest absolute Gasteiger partial charge is 0.141 e. The van der Waals surface area contributed by atoms with Gasteiger partial charge in [0.05, 0.1) is 18.8 Å². The van der Waals surface area contributed by atoms with Crippen LogP contribution in [-0.2, 0) is 6.42 Å². The summed E-state index contributed by atoms with van der Waals surface area (Å²) in [4.78, 5) is 3.85. The molecule has 1 atom stereocenters. The predicted molar refractivity (Wildman–Crippen MR) is 70.5 cm³/mol. The van der Waals surface area contributed by atoms with Crippen LogP contribution in [-0.4, -0.2) is 11.6 Å². The van der Waals surface area contributed by atoms with Crippen LogP contribution in [0.2, 0.25) is 0 Å². The van der Waals surface area contributed by atoms with Gasteiger partial charge in [-0.1, -0.05) is 18.2 Å². The van der Waals surface area contributed by atoms with Gasteiger partial charge < -0.3 is 10.5 Å². The number of ether oxygens (including phenoxy) is 1. The van der Waals surface area contributed by atoms with Crippen molar-refractivity contribution >= 4 is 0 Å². The molecule has 2 aromatic rings. The Morgan fingerprint density at radius 2 is 2.21 bits per heavy atom. The third kappa shape index (κ3) is 2.31. The lowest BCUT2D eigenvalue weighted by molar-refractivity contribution is 0.284. The number of fused-ring (bicyclic) bond motifs is 1. The van der Waals surface area contributed by atoms with Crippen molar-refractivity contribution in [3.05, 3.63) is 59.2 Å². The van der Waals surface area contributed by atoms with E-state index in [1.807, 2.05) is 12.1 Å². The second-order valence-electron chi connectivity index (χ2n) is 4.70. The van der Waals surface area contributed by atoms with E-state index in [1.165, 1.54) is 17.8 Å². The van der Waals surface area contributed by atoms with Gasteiger partial charge >= 0.3 is 0 Å². The summed E-state index contributed by atoms with van der Waals surface area (Å²) in [6.45, 7) is 0.706. The summed E-state index contributed by atoms with van der Waals surface area (Å²) in [6, 6.07) is 6.94. The summed E-state index contributed by atoms with van der Waals surface area (Å²) >= 11 is 0. The van der Waals surface area contributed by atoms with E-state index in [0.29, 0.717) is 12.2 Å². The van der Waals surface area contributed by atoms with Crippen molar-refractivity contribution in [1.29, 1.82) is 0 Å². The topological polar surface area (TPSA) is 48.1 Å². The van der Waals surface area contributed by atoms with E-state index in [9.17, 15) is 4.39 Å². The van der Waals surface area contributed by atoms with Crippen LogP contribution in [0, 0.1) is 5.82 Å². The summed E-state index contributed by atoms with van der Waals surface area (Å²) in [7, 11) is 0. The largest absolute Gasteiger partial charge is 0.493 e. The Labute approximate surface area is 111 Å². The molecule has 0 bridgehead atoms. The van der Waals surface area contributed by atoms with Crippen molar-refractivity contribution in [3.8, 4) is 5.75 Å². The summed E-state index contributed by atoms with van der Waals surface area (Å²) in [5.41, 5.74) is 8.94. The van der Waals surface area contributed by atoms with E-state index in [-0.39, 0.29) is 5.82 Å². The Bertz CT molecular complexity index is 600. The van der Waals surface area contributed by atoms with Crippen molar-refractivity contribution in [3.63, 3.8) is 0 Å². The minimum atomic E-state index is -0.420. The molecular weight excluding hydrogens is 243 g/mol. The SMILES string of the molecule is NC(c1cncc(F)c1)c1cccc2c1OCCC2. The second-order valence-corrected chi connectivity index (χ2v) is 4.70. The maximum atomic E-state index is 13.2. The van der Waals surface area contributed by atoms with Gasteiger partial charge in [-0.2, -0.15) is 0 Å². The standard InChI is InChI=1S/C15H15FN2O/c16-12-7-11(8-18-9-12)14(17)13-5-1-3-10-4-2-6-19-15(10)13/h1,3,5,7-9,14H,2,4,6,17H2. The zero-order chi connectivity index (χ0) is 13.2. The fourth-order valence-corrected chi connectivity index (χ4v) is 2.44. The van der Waals surface area contributed by atoms with Crippen molar-refractivity contribution < 1.29 is 9.13 Å². The fourth-order valence-electron chi connectivity index (χ4n) is 2.44. The van der Waals surface area contributed by atoms with E-state index in [1.54, 1.807) is 6.20 Å². The number of para-hydroxylation sites is 1. The van der Waals surface area contributed by atoms with Crippen LogP contribution >= 0.6 is 0 Å².